The summed E-state index contributed by atoms with van der Waals surface area (Å²) < 4.78 is 23.0. The summed E-state index contributed by atoms with van der Waals surface area (Å²) in [5.74, 6) is 0.726. The van der Waals surface area contributed by atoms with Gasteiger partial charge in [-0.15, -0.1) is 0 Å². The Bertz CT molecular complexity index is 490. The zero-order valence-electron chi connectivity index (χ0n) is 8.13. The van der Waals surface area contributed by atoms with Crippen LogP contribution in [0.5, 0.6) is 11.7 Å². The SMILES string of the molecule is O/N=C/c1ccc(Oc2ccc(F)cc2)o1. The van der Waals surface area contributed by atoms with Crippen LogP contribution in [0.2, 0.25) is 0 Å². The average molecular weight is 221 g/mol. The van der Waals surface area contributed by atoms with Crippen molar-refractivity contribution in [1.82, 2.24) is 0 Å². The molecule has 0 spiro atoms. The lowest BCUT2D eigenvalue weighted by molar-refractivity contribution is 0.317. The third-order valence-electron chi connectivity index (χ3n) is 1.82. The molecule has 0 aliphatic rings. The lowest BCUT2D eigenvalue weighted by Crippen LogP contribution is -1.82. The molecule has 5 heteroatoms. The number of halogens is 1. The highest BCUT2D eigenvalue weighted by Gasteiger charge is 2.02. The fourth-order valence-corrected chi connectivity index (χ4v) is 1.13. The highest BCUT2D eigenvalue weighted by atomic mass is 19.1. The largest absolute Gasteiger partial charge is 0.426 e. The minimum Gasteiger partial charge on any atom is -0.426 e. The Morgan fingerprint density at radius 1 is 1.19 bits per heavy atom. The first-order valence-electron chi connectivity index (χ1n) is 4.48. The van der Waals surface area contributed by atoms with Crippen molar-refractivity contribution in [2.75, 3.05) is 0 Å². The molecular formula is C11H8FNO3. The van der Waals surface area contributed by atoms with E-state index in [1.54, 1.807) is 12.1 Å². The predicted octanol–water partition coefficient (Wildman–Crippen LogP) is 3.02. The van der Waals surface area contributed by atoms with Gasteiger partial charge < -0.3 is 14.4 Å². The number of ether oxygens (including phenoxy) is 1. The molecule has 0 atom stereocenters. The second-order valence-corrected chi connectivity index (χ2v) is 2.96. The molecule has 4 nitrogen and oxygen atoms in total. The summed E-state index contributed by atoms with van der Waals surface area (Å²) in [5, 5.41) is 11.1. The average Bonchev–Trinajstić information content (AvgIpc) is 2.70. The van der Waals surface area contributed by atoms with Crippen LogP contribution in [0.4, 0.5) is 4.39 Å². The predicted molar refractivity (Wildman–Crippen MR) is 54.6 cm³/mol. The lowest BCUT2D eigenvalue weighted by Gasteiger charge is -2.00. The van der Waals surface area contributed by atoms with E-state index in [1.807, 2.05) is 0 Å². The lowest BCUT2D eigenvalue weighted by atomic mass is 10.3. The molecule has 82 valence electrons. The maximum absolute atomic E-state index is 12.6. The molecule has 0 radical (unpaired) electrons. The van der Waals surface area contributed by atoms with Crippen LogP contribution in [-0.2, 0) is 0 Å². The van der Waals surface area contributed by atoms with E-state index >= 15 is 0 Å². The molecule has 2 aromatic rings. The van der Waals surface area contributed by atoms with Crippen molar-refractivity contribution in [2.45, 2.75) is 0 Å². The summed E-state index contributed by atoms with van der Waals surface area (Å²) >= 11 is 0. The monoisotopic (exact) mass is 221 g/mol. The van der Waals surface area contributed by atoms with Crippen LogP contribution in [-0.4, -0.2) is 11.4 Å². The van der Waals surface area contributed by atoms with Gasteiger partial charge in [0.05, 0.1) is 0 Å². The molecule has 0 aliphatic heterocycles. The number of benzene rings is 1. The Balaban J connectivity index is 2.11. The van der Waals surface area contributed by atoms with E-state index < -0.39 is 0 Å². The van der Waals surface area contributed by atoms with E-state index in [0.29, 0.717) is 11.5 Å². The van der Waals surface area contributed by atoms with E-state index in [-0.39, 0.29) is 11.8 Å². The van der Waals surface area contributed by atoms with E-state index in [0.717, 1.165) is 6.21 Å². The van der Waals surface area contributed by atoms with Crippen LogP contribution in [0.25, 0.3) is 0 Å². The van der Waals surface area contributed by atoms with E-state index in [4.69, 9.17) is 14.4 Å². The maximum atomic E-state index is 12.6. The molecular weight excluding hydrogens is 213 g/mol. The van der Waals surface area contributed by atoms with Gasteiger partial charge in [0, 0.05) is 6.07 Å². The van der Waals surface area contributed by atoms with Crippen LogP contribution >= 0.6 is 0 Å². The van der Waals surface area contributed by atoms with Gasteiger partial charge in [-0.05, 0) is 30.3 Å². The first-order chi connectivity index (χ1) is 7.78. The standard InChI is InChI=1S/C11H8FNO3/c12-8-1-3-9(4-2-8)15-11-6-5-10(16-11)7-13-14/h1-7,14H/b13-7+. The van der Waals surface area contributed by atoms with Gasteiger partial charge in [-0.2, -0.15) is 0 Å². The molecule has 16 heavy (non-hydrogen) atoms. The second-order valence-electron chi connectivity index (χ2n) is 2.96. The molecule has 0 saturated carbocycles. The molecule has 0 fully saturated rings. The molecule has 0 unspecified atom stereocenters. The van der Waals surface area contributed by atoms with Crippen molar-refractivity contribution in [3.8, 4) is 11.7 Å². The molecule has 1 N–H and O–H groups in total. The molecule has 0 amide bonds. The number of hydrogen-bond donors (Lipinski definition) is 1. The van der Waals surface area contributed by atoms with Crippen molar-refractivity contribution in [2.24, 2.45) is 5.16 Å². The Morgan fingerprint density at radius 3 is 2.62 bits per heavy atom. The van der Waals surface area contributed by atoms with Crippen LogP contribution < -0.4 is 4.74 Å². The molecule has 0 aliphatic carbocycles. The molecule has 1 heterocycles. The van der Waals surface area contributed by atoms with Crippen LogP contribution in [0.1, 0.15) is 5.76 Å². The van der Waals surface area contributed by atoms with E-state index in [9.17, 15) is 4.39 Å². The first-order valence-corrected chi connectivity index (χ1v) is 4.48. The van der Waals surface area contributed by atoms with Crippen molar-refractivity contribution in [3.63, 3.8) is 0 Å². The maximum Gasteiger partial charge on any atom is 0.290 e. The fourth-order valence-electron chi connectivity index (χ4n) is 1.13. The van der Waals surface area contributed by atoms with Crippen LogP contribution in [0.3, 0.4) is 0 Å². The summed E-state index contributed by atoms with van der Waals surface area (Å²) in [6.07, 6.45) is 1.14. The normalized spacial score (nSPS) is 10.8. The summed E-state index contributed by atoms with van der Waals surface area (Å²) in [5.41, 5.74) is 0. The van der Waals surface area contributed by atoms with Gasteiger partial charge in [0.1, 0.15) is 17.8 Å². The third kappa shape index (κ3) is 2.38. The van der Waals surface area contributed by atoms with E-state index in [1.165, 1.54) is 24.3 Å². The molecule has 0 bridgehead atoms. The topological polar surface area (TPSA) is 55.0 Å². The molecule has 2 rings (SSSR count). The Labute approximate surface area is 90.6 Å². The van der Waals surface area contributed by atoms with Gasteiger partial charge in [-0.1, -0.05) is 5.16 Å². The number of oxime groups is 1. The highest BCUT2D eigenvalue weighted by Crippen LogP contribution is 2.23. The Kier molecular flexibility index (Phi) is 2.86. The van der Waals surface area contributed by atoms with Gasteiger partial charge in [-0.3, -0.25) is 0 Å². The van der Waals surface area contributed by atoms with Gasteiger partial charge in [0.25, 0.3) is 5.95 Å². The molecule has 1 aromatic heterocycles. The minimum absolute atomic E-state index is 0.238. The quantitative estimate of drug-likeness (QED) is 0.492. The van der Waals surface area contributed by atoms with Gasteiger partial charge in [0.2, 0.25) is 0 Å². The van der Waals surface area contributed by atoms with Gasteiger partial charge in [-0.25, -0.2) is 4.39 Å². The summed E-state index contributed by atoms with van der Waals surface area (Å²) in [4.78, 5) is 0. The van der Waals surface area contributed by atoms with E-state index in [2.05, 4.69) is 5.16 Å². The van der Waals surface area contributed by atoms with Gasteiger partial charge >= 0.3 is 0 Å². The van der Waals surface area contributed by atoms with Gasteiger partial charge in [0.15, 0.2) is 5.76 Å². The number of rotatable bonds is 3. The Morgan fingerprint density at radius 2 is 1.94 bits per heavy atom. The first kappa shape index (κ1) is 10.2. The molecule has 1 aromatic carbocycles. The Hall–Kier alpha value is -2.30. The smallest absolute Gasteiger partial charge is 0.290 e. The summed E-state index contributed by atoms with van der Waals surface area (Å²) in [6, 6.07) is 8.69. The van der Waals surface area contributed by atoms with Crippen molar-refractivity contribution in [1.29, 1.82) is 0 Å². The third-order valence-corrected chi connectivity index (χ3v) is 1.82. The summed E-state index contributed by atoms with van der Waals surface area (Å²) in [7, 11) is 0. The zero-order chi connectivity index (χ0) is 11.4. The van der Waals surface area contributed by atoms with Crippen molar-refractivity contribution in [3.05, 3.63) is 48.0 Å². The number of hydrogen-bond acceptors (Lipinski definition) is 4. The number of nitrogens with zero attached hydrogens (tertiary/aromatic N) is 1. The zero-order valence-corrected chi connectivity index (χ0v) is 8.13. The minimum atomic E-state index is -0.333. The van der Waals surface area contributed by atoms with Crippen LogP contribution in [0, 0.1) is 5.82 Å². The highest BCUT2D eigenvalue weighted by molar-refractivity contribution is 5.75. The van der Waals surface area contributed by atoms with Crippen molar-refractivity contribution < 1.29 is 18.8 Å². The summed E-state index contributed by atoms with van der Waals surface area (Å²) in [6.45, 7) is 0. The number of furan rings is 1. The molecule has 0 saturated heterocycles. The second kappa shape index (κ2) is 4.48. The fraction of sp³-hybridized carbons (Fsp3) is 0. The van der Waals surface area contributed by atoms with Crippen LogP contribution in [0.15, 0.2) is 46.0 Å². The van der Waals surface area contributed by atoms with Crippen molar-refractivity contribution >= 4 is 6.21 Å².